The topological polar surface area (TPSA) is 113 Å². The number of carbonyl (C=O) groups excluding carboxylic acids is 1. The van der Waals surface area contributed by atoms with Crippen LogP contribution in [0, 0.1) is 0 Å². The quantitative estimate of drug-likeness (QED) is 0.659. The van der Waals surface area contributed by atoms with Gasteiger partial charge in [-0.2, -0.15) is 10.1 Å². The third kappa shape index (κ3) is 3.74. The summed E-state index contributed by atoms with van der Waals surface area (Å²) in [6, 6.07) is 3.72. The molecule has 144 valence electrons. The minimum atomic E-state index is -0.323. The van der Waals surface area contributed by atoms with Gasteiger partial charge in [0, 0.05) is 36.0 Å². The molecule has 1 amide bonds. The molecule has 0 radical (unpaired) electrons. The molecular formula is C19H27N7O. The van der Waals surface area contributed by atoms with E-state index in [0.717, 1.165) is 43.7 Å². The standard InChI is InChI=1S/C19H27N7O/c1-2-3-7-13-10-16(22-17-11-14(24-25-17)12-5-4-6-12)23-19(21-13)26-9-8-15(26)18(20)27/h10-12,15H,2-9H2,1H3,(H2,20,27)(H2,21,22,23,24,25). The van der Waals surface area contributed by atoms with Crippen LogP contribution in [-0.4, -0.2) is 38.7 Å². The van der Waals surface area contributed by atoms with Gasteiger partial charge in [-0.3, -0.25) is 9.89 Å². The molecule has 2 fully saturated rings. The fraction of sp³-hybridized carbons (Fsp3) is 0.579. The summed E-state index contributed by atoms with van der Waals surface area (Å²) in [4.78, 5) is 22.8. The number of nitrogens with two attached hydrogens (primary N) is 1. The Labute approximate surface area is 159 Å². The minimum Gasteiger partial charge on any atom is -0.368 e. The van der Waals surface area contributed by atoms with Gasteiger partial charge in [-0.25, -0.2) is 4.98 Å². The summed E-state index contributed by atoms with van der Waals surface area (Å²) in [7, 11) is 0. The SMILES string of the molecule is CCCCc1cc(Nc2cc(C3CCC3)[nH]n2)nc(N2CCC2C(N)=O)n1. The molecular weight excluding hydrogens is 342 g/mol. The van der Waals surface area contributed by atoms with Gasteiger partial charge in [0.05, 0.1) is 0 Å². The van der Waals surface area contributed by atoms with E-state index in [1.165, 1.54) is 25.0 Å². The molecule has 8 nitrogen and oxygen atoms in total. The van der Waals surface area contributed by atoms with E-state index >= 15 is 0 Å². The maximum atomic E-state index is 11.6. The second kappa shape index (κ2) is 7.54. The molecule has 3 heterocycles. The first-order valence-corrected chi connectivity index (χ1v) is 9.90. The second-order valence-corrected chi connectivity index (χ2v) is 7.51. The van der Waals surface area contributed by atoms with E-state index in [-0.39, 0.29) is 11.9 Å². The molecule has 2 aromatic rings. The highest BCUT2D eigenvalue weighted by molar-refractivity contribution is 5.84. The number of aromatic nitrogens is 4. The summed E-state index contributed by atoms with van der Waals surface area (Å²) in [5.74, 6) is 2.31. The van der Waals surface area contributed by atoms with Gasteiger partial charge in [0.25, 0.3) is 0 Å². The molecule has 1 aliphatic carbocycles. The van der Waals surface area contributed by atoms with Crippen molar-refractivity contribution in [1.82, 2.24) is 20.2 Å². The van der Waals surface area contributed by atoms with Gasteiger partial charge < -0.3 is 16.0 Å². The van der Waals surface area contributed by atoms with Crippen LogP contribution >= 0.6 is 0 Å². The zero-order chi connectivity index (χ0) is 18.8. The predicted octanol–water partition coefficient (Wildman–Crippen LogP) is 2.62. The van der Waals surface area contributed by atoms with E-state index in [9.17, 15) is 4.79 Å². The third-order valence-electron chi connectivity index (χ3n) is 5.56. The Hall–Kier alpha value is -2.64. The monoisotopic (exact) mass is 369 g/mol. The maximum absolute atomic E-state index is 11.6. The average molecular weight is 369 g/mol. The van der Waals surface area contributed by atoms with Crippen LogP contribution in [0.2, 0.25) is 0 Å². The summed E-state index contributed by atoms with van der Waals surface area (Å²) in [5.41, 5.74) is 7.64. The molecule has 4 N–H and O–H groups in total. The molecule has 2 aliphatic rings. The Kier molecular flexibility index (Phi) is 4.96. The number of hydrogen-bond acceptors (Lipinski definition) is 6. The number of nitrogens with one attached hydrogen (secondary N) is 2. The number of carbonyl (C=O) groups is 1. The molecule has 0 spiro atoms. The summed E-state index contributed by atoms with van der Waals surface area (Å²) in [6.45, 7) is 2.91. The first-order valence-electron chi connectivity index (χ1n) is 9.90. The lowest BCUT2D eigenvalue weighted by molar-refractivity contribution is -0.120. The van der Waals surface area contributed by atoms with Gasteiger partial charge in [0.1, 0.15) is 11.9 Å². The summed E-state index contributed by atoms with van der Waals surface area (Å²) in [6.07, 6.45) is 7.53. The lowest BCUT2D eigenvalue weighted by atomic mass is 9.83. The molecule has 4 rings (SSSR count). The van der Waals surface area contributed by atoms with Crippen molar-refractivity contribution < 1.29 is 4.79 Å². The first kappa shape index (κ1) is 17.8. The van der Waals surface area contributed by atoms with Gasteiger partial charge in [-0.15, -0.1) is 0 Å². The summed E-state index contributed by atoms with van der Waals surface area (Å²) in [5, 5.41) is 10.8. The molecule has 1 saturated heterocycles. The van der Waals surface area contributed by atoms with E-state index < -0.39 is 0 Å². The number of hydrogen-bond donors (Lipinski definition) is 3. The largest absolute Gasteiger partial charge is 0.368 e. The zero-order valence-electron chi connectivity index (χ0n) is 15.7. The van der Waals surface area contributed by atoms with Crippen molar-refractivity contribution in [3.8, 4) is 0 Å². The molecule has 1 saturated carbocycles. The Balaban J connectivity index is 1.55. The second-order valence-electron chi connectivity index (χ2n) is 7.51. The zero-order valence-corrected chi connectivity index (χ0v) is 15.7. The maximum Gasteiger partial charge on any atom is 0.240 e. The van der Waals surface area contributed by atoms with Crippen molar-refractivity contribution in [2.75, 3.05) is 16.8 Å². The summed E-state index contributed by atoms with van der Waals surface area (Å²) >= 11 is 0. The Bertz CT molecular complexity index is 814. The van der Waals surface area contributed by atoms with E-state index in [4.69, 9.17) is 5.73 Å². The number of nitrogens with zero attached hydrogens (tertiary/aromatic N) is 4. The minimum absolute atomic E-state index is 0.310. The van der Waals surface area contributed by atoms with Crippen molar-refractivity contribution in [2.24, 2.45) is 5.73 Å². The Morgan fingerprint density at radius 2 is 2.15 bits per heavy atom. The van der Waals surface area contributed by atoms with Gasteiger partial charge in [-0.05, 0) is 32.1 Å². The third-order valence-corrected chi connectivity index (χ3v) is 5.56. The molecule has 1 atom stereocenters. The van der Waals surface area contributed by atoms with Crippen LogP contribution < -0.4 is 16.0 Å². The van der Waals surface area contributed by atoms with Gasteiger partial charge in [0.15, 0.2) is 5.82 Å². The van der Waals surface area contributed by atoms with Crippen molar-refractivity contribution in [2.45, 2.75) is 63.8 Å². The van der Waals surface area contributed by atoms with Crippen LogP contribution in [0.5, 0.6) is 0 Å². The number of anilines is 3. The van der Waals surface area contributed by atoms with Crippen molar-refractivity contribution in [3.63, 3.8) is 0 Å². The molecule has 2 aromatic heterocycles. The molecule has 1 aliphatic heterocycles. The number of aryl methyl sites for hydroxylation is 1. The fourth-order valence-corrected chi connectivity index (χ4v) is 3.54. The molecule has 0 bridgehead atoms. The van der Waals surface area contributed by atoms with Crippen molar-refractivity contribution in [3.05, 3.63) is 23.5 Å². The van der Waals surface area contributed by atoms with Crippen LogP contribution in [-0.2, 0) is 11.2 Å². The van der Waals surface area contributed by atoms with Crippen LogP contribution in [0.15, 0.2) is 12.1 Å². The smallest absolute Gasteiger partial charge is 0.240 e. The molecule has 0 aromatic carbocycles. The van der Waals surface area contributed by atoms with Crippen LogP contribution in [0.1, 0.15) is 62.8 Å². The Morgan fingerprint density at radius 3 is 2.78 bits per heavy atom. The van der Waals surface area contributed by atoms with Crippen LogP contribution in [0.4, 0.5) is 17.6 Å². The van der Waals surface area contributed by atoms with Gasteiger partial charge in [-0.1, -0.05) is 19.8 Å². The van der Waals surface area contributed by atoms with Gasteiger partial charge in [0.2, 0.25) is 11.9 Å². The van der Waals surface area contributed by atoms with Crippen molar-refractivity contribution in [1.29, 1.82) is 0 Å². The Morgan fingerprint density at radius 1 is 1.30 bits per heavy atom. The van der Waals surface area contributed by atoms with E-state index in [2.05, 4.69) is 38.5 Å². The fourth-order valence-electron chi connectivity index (χ4n) is 3.54. The van der Waals surface area contributed by atoms with Crippen LogP contribution in [0.3, 0.4) is 0 Å². The predicted molar refractivity (Wildman–Crippen MR) is 104 cm³/mol. The average Bonchev–Trinajstić information content (AvgIpc) is 2.97. The molecule has 27 heavy (non-hydrogen) atoms. The van der Waals surface area contributed by atoms with E-state index in [1.54, 1.807) is 0 Å². The van der Waals surface area contributed by atoms with Crippen LogP contribution in [0.25, 0.3) is 0 Å². The van der Waals surface area contributed by atoms with E-state index in [0.29, 0.717) is 17.7 Å². The lowest BCUT2D eigenvalue weighted by Crippen LogP contribution is -2.55. The summed E-state index contributed by atoms with van der Waals surface area (Å²) < 4.78 is 0. The molecule has 8 heteroatoms. The number of amides is 1. The van der Waals surface area contributed by atoms with Crippen molar-refractivity contribution >= 4 is 23.5 Å². The number of primary amides is 1. The number of unbranched alkanes of at least 4 members (excludes halogenated alkanes) is 1. The number of rotatable bonds is 8. The lowest BCUT2D eigenvalue weighted by Gasteiger charge is -2.38. The van der Waals surface area contributed by atoms with E-state index in [1.807, 2.05) is 11.0 Å². The highest BCUT2D eigenvalue weighted by atomic mass is 16.1. The normalized spacial score (nSPS) is 19.4. The number of H-pyrrole nitrogens is 1. The highest BCUT2D eigenvalue weighted by Crippen LogP contribution is 2.36. The van der Waals surface area contributed by atoms with Gasteiger partial charge >= 0.3 is 0 Å². The first-order chi connectivity index (χ1) is 13.1. The molecule has 1 unspecified atom stereocenters. The highest BCUT2D eigenvalue weighted by Gasteiger charge is 2.34. The number of aromatic amines is 1.